The molecule has 4 rings (SSSR count). The minimum atomic E-state index is -4.41. The number of hydrogen-bond acceptors (Lipinski definition) is 7. The molecule has 1 fully saturated rings. The molecule has 0 aliphatic carbocycles. The van der Waals surface area contributed by atoms with E-state index in [1.54, 1.807) is 0 Å². The van der Waals surface area contributed by atoms with Crippen molar-refractivity contribution >= 4 is 11.8 Å². The van der Waals surface area contributed by atoms with Crippen LogP contribution in [0.2, 0.25) is 0 Å². The maximum absolute atomic E-state index is 12.7. The van der Waals surface area contributed by atoms with Gasteiger partial charge in [-0.15, -0.1) is 0 Å². The van der Waals surface area contributed by atoms with Crippen LogP contribution < -0.4 is 4.90 Å². The van der Waals surface area contributed by atoms with Gasteiger partial charge in [-0.1, -0.05) is 35.5 Å². The SMILES string of the molecule is O=C(OCc1nc(-c2ccccc2)no1)C1CCN(c2ccc(C(F)(F)F)cn2)CC1. The summed E-state index contributed by atoms with van der Waals surface area (Å²) in [5.41, 5.74) is 0.0132. The molecule has 0 spiro atoms. The summed E-state index contributed by atoms with van der Waals surface area (Å²) >= 11 is 0. The van der Waals surface area contributed by atoms with Gasteiger partial charge in [-0.05, 0) is 25.0 Å². The zero-order valence-corrected chi connectivity index (χ0v) is 16.4. The van der Waals surface area contributed by atoms with Gasteiger partial charge in [0.25, 0.3) is 5.89 Å². The van der Waals surface area contributed by atoms with Gasteiger partial charge in [0.15, 0.2) is 6.61 Å². The highest BCUT2D eigenvalue weighted by atomic mass is 19.4. The molecule has 10 heteroatoms. The minimum Gasteiger partial charge on any atom is -0.455 e. The number of anilines is 1. The number of carbonyl (C=O) groups is 1. The fraction of sp³-hybridized carbons (Fsp3) is 0.333. The van der Waals surface area contributed by atoms with Gasteiger partial charge >= 0.3 is 12.1 Å². The number of halogens is 3. The molecule has 0 unspecified atom stereocenters. The average molecular weight is 432 g/mol. The zero-order valence-electron chi connectivity index (χ0n) is 16.4. The molecular formula is C21H19F3N4O3. The third kappa shape index (κ3) is 5.01. The monoisotopic (exact) mass is 432 g/mol. The quantitative estimate of drug-likeness (QED) is 0.561. The van der Waals surface area contributed by atoms with Gasteiger partial charge in [0.2, 0.25) is 5.82 Å². The number of pyridine rings is 1. The first-order chi connectivity index (χ1) is 14.9. The number of ether oxygens (including phenoxy) is 1. The zero-order chi connectivity index (χ0) is 21.8. The molecule has 1 aliphatic heterocycles. The van der Waals surface area contributed by atoms with Gasteiger partial charge in [-0.2, -0.15) is 18.2 Å². The second-order valence-corrected chi connectivity index (χ2v) is 7.15. The summed E-state index contributed by atoms with van der Waals surface area (Å²) in [6, 6.07) is 11.7. The fourth-order valence-corrected chi connectivity index (χ4v) is 3.35. The van der Waals surface area contributed by atoms with Crippen LogP contribution in [-0.2, 0) is 22.3 Å². The van der Waals surface area contributed by atoms with Gasteiger partial charge in [0.05, 0.1) is 11.5 Å². The molecule has 2 aromatic heterocycles. The lowest BCUT2D eigenvalue weighted by atomic mass is 9.97. The number of piperidine rings is 1. The molecule has 3 aromatic rings. The lowest BCUT2D eigenvalue weighted by Gasteiger charge is -2.31. The Morgan fingerprint density at radius 2 is 1.87 bits per heavy atom. The molecule has 7 nitrogen and oxygen atoms in total. The molecule has 0 radical (unpaired) electrons. The highest BCUT2D eigenvalue weighted by Crippen LogP contribution is 2.30. The van der Waals surface area contributed by atoms with Crippen LogP contribution in [-0.4, -0.2) is 34.2 Å². The molecular weight excluding hydrogens is 413 g/mol. The van der Waals surface area contributed by atoms with Gasteiger partial charge in [-0.25, -0.2) is 4.98 Å². The molecule has 31 heavy (non-hydrogen) atoms. The van der Waals surface area contributed by atoms with Gasteiger partial charge in [0, 0.05) is 24.8 Å². The smallest absolute Gasteiger partial charge is 0.417 e. The summed E-state index contributed by atoms with van der Waals surface area (Å²) in [5, 5.41) is 3.88. The second kappa shape index (κ2) is 8.75. The van der Waals surface area contributed by atoms with Crippen LogP contribution >= 0.6 is 0 Å². The number of benzene rings is 1. The van der Waals surface area contributed by atoms with Crippen molar-refractivity contribution in [2.24, 2.45) is 5.92 Å². The maximum Gasteiger partial charge on any atom is 0.417 e. The van der Waals surface area contributed by atoms with E-state index in [2.05, 4.69) is 15.1 Å². The second-order valence-electron chi connectivity index (χ2n) is 7.15. The molecule has 0 N–H and O–H groups in total. The Bertz CT molecular complexity index is 1010. The number of esters is 1. The van der Waals surface area contributed by atoms with Crippen LogP contribution in [0.3, 0.4) is 0 Å². The van der Waals surface area contributed by atoms with E-state index < -0.39 is 11.7 Å². The van der Waals surface area contributed by atoms with Crippen molar-refractivity contribution in [3.05, 3.63) is 60.1 Å². The van der Waals surface area contributed by atoms with E-state index in [9.17, 15) is 18.0 Å². The highest BCUT2D eigenvalue weighted by Gasteiger charge is 2.31. The highest BCUT2D eigenvalue weighted by molar-refractivity contribution is 5.72. The Morgan fingerprint density at radius 1 is 1.13 bits per heavy atom. The number of hydrogen-bond donors (Lipinski definition) is 0. The predicted octanol–water partition coefficient (Wildman–Crippen LogP) is 4.11. The Morgan fingerprint density at radius 3 is 2.52 bits per heavy atom. The first-order valence-corrected chi connectivity index (χ1v) is 9.73. The summed E-state index contributed by atoms with van der Waals surface area (Å²) in [6.45, 7) is 0.882. The van der Waals surface area contributed by atoms with Crippen molar-refractivity contribution in [3.63, 3.8) is 0 Å². The average Bonchev–Trinajstić information content (AvgIpc) is 3.27. The molecule has 0 bridgehead atoms. The van der Waals surface area contributed by atoms with Crippen molar-refractivity contribution in [2.75, 3.05) is 18.0 Å². The third-order valence-corrected chi connectivity index (χ3v) is 5.07. The molecule has 1 aromatic carbocycles. The van der Waals surface area contributed by atoms with Crippen LogP contribution in [0.1, 0.15) is 24.3 Å². The first kappa shape index (κ1) is 20.8. The van der Waals surface area contributed by atoms with Gasteiger partial charge in [-0.3, -0.25) is 4.79 Å². The minimum absolute atomic E-state index is 0.112. The number of aromatic nitrogens is 3. The van der Waals surface area contributed by atoms with Crippen molar-refractivity contribution in [3.8, 4) is 11.4 Å². The van der Waals surface area contributed by atoms with E-state index in [4.69, 9.17) is 9.26 Å². The lowest BCUT2D eigenvalue weighted by Crippen LogP contribution is -2.37. The summed E-state index contributed by atoms with van der Waals surface area (Å²) in [4.78, 5) is 22.4. The molecule has 0 atom stereocenters. The Labute approximate surface area is 175 Å². The summed E-state index contributed by atoms with van der Waals surface area (Å²) in [5.74, 6) is 0.420. The molecule has 1 saturated heterocycles. The van der Waals surface area contributed by atoms with E-state index >= 15 is 0 Å². The van der Waals surface area contributed by atoms with Crippen molar-refractivity contribution in [2.45, 2.75) is 25.6 Å². The van der Waals surface area contributed by atoms with E-state index in [-0.39, 0.29) is 24.4 Å². The van der Waals surface area contributed by atoms with E-state index in [0.717, 1.165) is 17.8 Å². The van der Waals surface area contributed by atoms with E-state index in [1.165, 1.54) is 6.07 Å². The van der Waals surface area contributed by atoms with Crippen LogP contribution in [0, 0.1) is 5.92 Å². The fourth-order valence-electron chi connectivity index (χ4n) is 3.35. The number of nitrogens with zero attached hydrogens (tertiary/aromatic N) is 4. The van der Waals surface area contributed by atoms with E-state index in [0.29, 0.717) is 37.6 Å². The van der Waals surface area contributed by atoms with Gasteiger partial charge in [0.1, 0.15) is 5.82 Å². The number of carbonyl (C=O) groups excluding carboxylic acids is 1. The van der Waals surface area contributed by atoms with Crippen LogP contribution in [0.4, 0.5) is 19.0 Å². The Balaban J connectivity index is 1.26. The molecule has 0 saturated carbocycles. The normalized spacial score (nSPS) is 15.1. The van der Waals surface area contributed by atoms with Crippen LogP contribution in [0.25, 0.3) is 11.4 Å². The van der Waals surface area contributed by atoms with Gasteiger partial charge < -0.3 is 14.2 Å². The predicted molar refractivity (Wildman–Crippen MR) is 104 cm³/mol. The molecule has 3 heterocycles. The molecule has 0 amide bonds. The standard InChI is InChI=1S/C21H19F3N4O3/c22-21(23,24)16-6-7-17(25-12-16)28-10-8-15(9-11-28)20(29)30-13-18-26-19(27-31-18)14-4-2-1-3-5-14/h1-7,12,15H,8-11,13H2. The largest absolute Gasteiger partial charge is 0.455 e. The number of alkyl halides is 3. The van der Waals surface area contributed by atoms with Crippen molar-refractivity contribution in [1.82, 2.24) is 15.1 Å². The topological polar surface area (TPSA) is 81.3 Å². The summed E-state index contributed by atoms with van der Waals surface area (Å²) in [6.07, 6.45) is -2.56. The van der Waals surface area contributed by atoms with Crippen LogP contribution in [0.15, 0.2) is 53.2 Å². The maximum atomic E-state index is 12.7. The van der Waals surface area contributed by atoms with Crippen molar-refractivity contribution in [1.29, 1.82) is 0 Å². The first-order valence-electron chi connectivity index (χ1n) is 9.73. The third-order valence-electron chi connectivity index (χ3n) is 5.07. The Kier molecular flexibility index (Phi) is 5.88. The summed E-state index contributed by atoms with van der Waals surface area (Å²) < 4.78 is 48.4. The Hall–Kier alpha value is -3.43. The van der Waals surface area contributed by atoms with E-state index in [1.807, 2.05) is 35.2 Å². The van der Waals surface area contributed by atoms with Crippen LogP contribution in [0.5, 0.6) is 0 Å². The molecule has 1 aliphatic rings. The number of rotatable bonds is 5. The molecule has 162 valence electrons. The lowest BCUT2D eigenvalue weighted by molar-refractivity contribution is -0.151. The summed E-state index contributed by atoms with van der Waals surface area (Å²) in [7, 11) is 0. The van der Waals surface area contributed by atoms with Crippen molar-refractivity contribution < 1.29 is 27.2 Å².